The highest BCUT2D eigenvalue weighted by molar-refractivity contribution is 7.86. The van der Waals surface area contributed by atoms with Gasteiger partial charge in [0.05, 0.1) is 25.1 Å². The summed E-state index contributed by atoms with van der Waals surface area (Å²) in [6.07, 6.45) is 6.84. The van der Waals surface area contributed by atoms with Gasteiger partial charge in [-0.15, -0.1) is 0 Å². The van der Waals surface area contributed by atoms with Gasteiger partial charge in [-0.25, -0.2) is 0 Å². The van der Waals surface area contributed by atoms with Crippen molar-refractivity contribution >= 4 is 10.8 Å². The first-order valence-corrected chi connectivity index (χ1v) is 13.0. The Balaban J connectivity index is 1.37. The van der Waals surface area contributed by atoms with Gasteiger partial charge in [-0.1, -0.05) is 38.8 Å². The van der Waals surface area contributed by atoms with Gasteiger partial charge < -0.3 is 14.6 Å². The number of benzene rings is 1. The molecule has 4 aliphatic rings. The van der Waals surface area contributed by atoms with Crippen LogP contribution in [-0.4, -0.2) is 39.6 Å². The van der Waals surface area contributed by atoms with Gasteiger partial charge in [-0.2, -0.15) is 0 Å². The van der Waals surface area contributed by atoms with Crippen LogP contribution >= 0.6 is 0 Å². The zero-order valence-electron chi connectivity index (χ0n) is 18.7. The van der Waals surface area contributed by atoms with Gasteiger partial charge in [0, 0.05) is 22.7 Å². The van der Waals surface area contributed by atoms with Crippen LogP contribution in [0.3, 0.4) is 0 Å². The molecule has 0 amide bonds. The molecule has 0 aromatic heterocycles. The Bertz CT molecular complexity index is 731. The summed E-state index contributed by atoms with van der Waals surface area (Å²) < 4.78 is 24.8. The van der Waals surface area contributed by atoms with Crippen molar-refractivity contribution in [3.8, 4) is 5.75 Å². The van der Waals surface area contributed by atoms with E-state index in [-0.39, 0.29) is 16.6 Å². The molecule has 7 atom stereocenters. The summed E-state index contributed by atoms with van der Waals surface area (Å²) in [5, 5.41) is 10.7. The second-order valence-corrected chi connectivity index (χ2v) is 12.1. The summed E-state index contributed by atoms with van der Waals surface area (Å²) in [6, 6.07) is 8.01. The van der Waals surface area contributed by atoms with E-state index in [1.165, 1.54) is 6.42 Å². The lowest BCUT2D eigenvalue weighted by Crippen LogP contribution is -2.59. The SMILES string of the molecule is COc1ccc(COCC[C@@H]2[C@H]([S@@](=O)[C@H]3CCCC[C@@H]3O)C[C@H]3C[C@@H]2C3(C)C)cc1. The number of ether oxygens (including phenoxy) is 2. The minimum atomic E-state index is -0.941. The molecular weight excluding hydrogens is 396 g/mol. The first kappa shape index (κ1) is 22.3. The Kier molecular flexibility index (Phi) is 6.91. The molecule has 0 radical (unpaired) electrons. The van der Waals surface area contributed by atoms with Gasteiger partial charge in [-0.3, -0.25) is 4.21 Å². The minimum Gasteiger partial charge on any atom is -0.497 e. The lowest BCUT2D eigenvalue weighted by Gasteiger charge is -2.62. The van der Waals surface area contributed by atoms with E-state index in [4.69, 9.17) is 9.47 Å². The van der Waals surface area contributed by atoms with Crippen LogP contribution in [0.5, 0.6) is 5.75 Å². The fourth-order valence-corrected chi connectivity index (χ4v) is 8.64. The van der Waals surface area contributed by atoms with Crippen molar-refractivity contribution in [3.63, 3.8) is 0 Å². The van der Waals surface area contributed by atoms with E-state index in [1.807, 2.05) is 24.3 Å². The molecule has 168 valence electrons. The van der Waals surface area contributed by atoms with E-state index >= 15 is 0 Å². The second kappa shape index (κ2) is 9.30. The molecule has 0 unspecified atom stereocenters. The maximum absolute atomic E-state index is 13.6. The van der Waals surface area contributed by atoms with Crippen LogP contribution in [-0.2, 0) is 22.1 Å². The first-order valence-electron chi connectivity index (χ1n) is 11.7. The van der Waals surface area contributed by atoms with Crippen molar-refractivity contribution in [2.45, 2.75) is 82.0 Å². The molecule has 1 aromatic carbocycles. The molecule has 0 saturated heterocycles. The Morgan fingerprint density at radius 1 is 1.10 bits per heavy atom. The maximum Gasteiger partial charge on any atom is 0.118 e. The highest BCUT2D eigenvalue weighted by Gasteiger charge is 2.59. The van der Waals surface area contributed by atoms with Crippen LogP contribution in [0.4, 0.5) is 0 Å². The molecule has 4 fully saturated rings. The summed E-state index contributed by atoms with van der Waals surface area (Å²) in [5.74, 6) is 2.62. The predicted octanol–water partition coefficient (Wildman–Crippen LogP) is 4.70. The van der Waals surface area contributed by atoms with Crippen LogP contribution in [0.2, 0.25) is 0 Å². The van der Waals surface area contributed by atoms with Crippen LogP contribution in [0.15, 0.2) is 24.3 Å². The van der Waals surface area contributed by atoms with Gasteiger partial charge in [0.25, 0.3) is 0 Å². The van der Waals surface area contributed by atoms with E-state index in [1.54, 1.807) is 7.11 Å². The average molecular weight is 435 g/mol. The topological polar surface area (TPSA) is 55.8 Å². The molecule has 4 nitrogen and oxygen atoms in total. The van der Waals surface area contributed by atoms with Gasteiger partial charge in [-0.05, 0) is 73.0 Å². The summed E-state index contributed by atoms with van der Waals surface area (Å²) in [5.41, 5.74) is 1.50. The van der Waals surface area contributed by atoms with Crippen molar-refractivity contribution in [3.05, 3.63) is 29.8 Å². The third-order valence-corrected chi connectivity index (χ3v) is 10.6. The quantitative estimate of drug-likeness (QED) is 0.602. The van der Waals surface area contributed by atoms with E-state index < -0.39 is 10.8 Å². The Labute approximate surface area is 184 Å². The molecule has 5 rings (SSSR count). The number of methoxy groups -OCH3 is 1. The Morgan fingerprint density at radius 2 is 1.83 bits per heavy atom. The van der Waals surface area contributed by atoms with Gasteiger partial charge >= 0.3 is 0 Å². The number of aliphatic hydroxyl groups is 1. The zero-order chi connectivity index (χ0) is 21.3. The summed E-state index contributed by atoms with van der Waals surface area (Å²) in [7, 11) is 0.734. The van der Waals surface area contributed by atoms with Gasteiger partial charge in [0.15, 0.2) is 0 Å². The van der Waals surface area contributed by atoms with Crippen LogP contribution in [0, 0.1) is 23.2 Å². The van der Waals surface area contributed by atoms with Crippen LogP contribution < -0.4 is 4.74 Å². The molecule has 5 heteroatoms. The predicted molar refractivity (Wildman–Crippen MR) is 121 cm³/mol. The molecule has 30 heavy (non-hydrogen) atoms. The van der Waals surface area contributed by atoms with Crippen molar-refractivity contribution in [2.75, 3.05) is 13.7 Å². The van der Waals surface area contributed by atoms with E-state index in [9.17, 15) is 9.32 Å². The highest BCUT2D eigenvalue weighted by atomic mass is 32.2. The fraction of sp³-hybridized carbons (Fsp3) is 0.760. The largest absolute Gasteiger partial charge is 0.497 e. The fourth-order valence-electron chi connectivity index (χ4n) is 6.26. The highest BCUT2D eigenvalue weighted by Crippen LogP contribution is 2.63. The lowest BCUT2D eigenvalue weighted by molar-refractivity contribution is -0.108. The third kappa shape index (κ3) is 4.35. The van der Waals surface area contributed by atoms with Crippen LogP contribution in [0.1, 0.15) is 64.4 Å². The molecule has 1 aromatic rings. The summed E-state index contributed by atoms with van der Waals surface area (Å²) in [4.78, 5) is 0. The molecule has 2 bridgehead atoms. The second-order valence-electron chi connectivity index (χ2n) is 10.2. The van der Waals surface area contributed by atoms with E-state index in [0.717, 1.165) is 49.8 Å². The van der Waals surface area contributed by atoms with Crippen molar-refractivity contribution < 1.29 is 18.8 Å². The molecule has 0 aliphatic heterocycles. The van der Waals surface area contributed by atoms with Crippen molar-refractivity contribution in [1.82, 2.24) is 0 Å². The van der Waals surface area contributed by atoms with E-state index in [0.29, 0.717) is 36.4 Å². The first-order chi connectivity index (χ1) is 14.4. The Morgan fingerprint density at radius 3 is 2.50 bits per heavy atom. The molecule has 4 saturated carbocycles. The molecule has 4 aliphatic carbocycles. The molecule has 0 heterocycles. The summed E-state index contributed by atoms with van der Waals surface area (Å²) >= 11 is 0. The number of aliphatic hydroxyl groups excluding tert-OH is 1. The smallest absolute Gasteiger partial charge is 0.118 e. The molecule has 0 spiro atoms. The zero-order valence-corrected chi connectivity index (χ0v) is 19.5. The van der Waals surface area contributed by atoms with Crippen molar-refractivity contribution in [1.29, 1.82) is 0 Å². The third-order valence-electron chi connectivity index (χ3n) is 8.35. The average Bonchev–Trinajstić information content (AvgIpc) is 2.76. The number of fused-ring (bicyclic) bond motifs is 2. The maximum atomic E-state index is 13.6. The molecule has 1 N–H and O–H groups in total. The van der Waals surface area contributed by atoms with Crippen LogP contribution in [0.25, 0.3) is 0 Å². The summed E-state index contributed by atoms with van der Waals surface area (Å²) in [6.45, 7) is 6.09. The monoisotopic (exact) mass is 434 g/mol. The minimum absolute atomic E-state index is 0.0212. The van der Waals surface area contributed by atoms with Gasteiger partial charge in [0.1, 0.15) is 5.75 Å². The van der Waals surface area contributed by atoms with E-state index in [2.05, 4.69) is 13.8 Å². The number of hydrogen-bond acceptors (Lipinski definition) is 4. The lowest BCUT2D eigenvalue weighted by atomic mass is 9.45. The van der Waals surface area contributed by atoms with Crippen molar-refractivity contribution in [2.24, 2.45) is 23.2 Å². The van der Waals surface area contributed by atoms with Gasteiger partial charge in [0.2, 0.25) is 0 Å². The number of hydrogen-bond donors (Lipinski definition) is 1. The normalized spacial score (nSPS) is 36.0. The molecular formula is C25H38O4S. The number of rotatable bonds is 8. The Hall–Kier alpha value is -0.910. The standard InChI is InChI=1S/C25H38O4S/c1-25(2)18-14-21(25)20(12-13-29-16-17-8-10-19(28-3)11-9-17)24(15-18)30(27)23-7-5-4-6-22(23)26/h8-11,18,20-24,26H,4-7,12-16H2,1-3H3/t18-,20+,21+,22+,23+,24-,30+/m1/s1.